The highest BCUT2D eigenvalue weighted by Crippen LogP contribution is 2.40. The number of fused-ring (bicyclic) bond motifs is 5. The quantitative estimate of drug-likeness (QED) is 0.564. The molecule has 3 heterocycles. The number of imidazole rings is 1. The lowest BCUT2D eigenvalue weighted by Crippen LogP contribution is -2.25. The van der Waals surface area contributed by atoms with Gasteiger partial charge in [0.15, 0.2) is 0 Å². The minimum absolute atomic E-state index is 0.0303. The Balaban J connectivity index is 1.84. The largest absolute Gasteiger partial charge is 0.359 e. The molecule has 0 aliphatic carbocycles. The minimum Gasteiger partial charge on any atom is -0.359 e. The zero-order valence-corrected chi connectivity index (χ0v) is 13.3. The van der Waals surface area contributed by atoms with Crippen molar-refractivity contribution in [3.05, 3.63) is 64.6 Å². The van der Waals surface area contributed by atoms with Gasteiger partial charge in [0.1, 0.15) is 12.0 Å². The van der Waals surface area contributed by atoms with Crippen molar-refractivity contribution >= 4 is 28.1 Å². The number of rotatable bonds is 1. The van der Waals surface area contributed by atoms with E-state index < -0.39 is 0 Å². The van der Waals surface area contributed by atoms with Gasteiger partial charge in [0.05, 0.1) is 21.7 Å². The second kappa shape index (κ2) is 4.67. The first-order valence-corrected chi connectivity index (χ1v) is 8.44. The van der Waals surface area contributed by atoms with Gasteiger partial charge in [0, 0.05) is 16.6 Å². The lowest BCUT2D eigenvalue weighted by atomic mass is 10.1. The fourth-order valence-corrected chi connectivity index (χ4v) is 3.85. The Morgan fingerprint density at radius 3 is 2.74 bits per heavy atom. The Hall–Kier alpha value is -2.66. The van der Waals surface area contributed by atoms with Crippen molar-refractivity contribution in [3.8, 4) is 11.4 Å². The van der Waals surface area contributed by atoms with Crippen LogP contribution in [0.15, 0.2) is 53.9 Å². The normalized spacial score (nSPS) is 16.0. The topological polar surface area (TPSA) is 42.7 Å². The van der Waals surface area contributed by atoms with Crippen molar-refractivity contribution in [2.45, 2.75) is 13.1 Å². The maximum atomic E-state index is 4.88. The summed E-state index contributed by atoms with van der Waals surface area (Å²) in [5, 5.41) is 6.83. The molecule has 0 bridgehead atoms. The van der Waals surface area contributed by atoms with E-state index in [1.54, 1.807) is 11.3 Å². The molecule has 1 N–H and O–H groups in total. The predicted octanol–water partition coefficient (Wildman–Crippen LogP) is 4.44. The Labute approximate surface area is 137 Å². The minimum atomic E-state index is -0.0303. The molecule has 1 aliphatic heterocycles. The van der Waals surface area contributed by atoms with E-state index >= 15 is 0 Å². The van der Waals surface area contributed by atoms with E-state index in [1.165, 1.54) is 0 Å². The van der Waals surface area contributed by atoms with Crippen LogP contribution >= 0.6 is 11.3 Å². The molecule has 0 spiro atoms. The fraction of sp³-hybridized carbons (Fsp3) is 0.111. The van der Waals surface area contributed by atoms with Crippen molar-refractivity contribution in [2.75, 3.05) is 5.32 Å². The maximum absolute atomic E-state index is 4.88. The molecule has 5 heteroatoms. The summed E-state index contributed by atoms with van der Waals surface area (Å²) in [7, 11) is 0. The smallest absolute Gasteiger partial charge is 0.150 e. The number of benzene rings is 2. The molecule has 0 fully saturated rings. The van der Waals surface area contributed by atoms with E-state index in [0.29, 0.717) is 0 Å². The average Bonchev–Trinajstić information content (AvgIpc) is 3.18. The van der Waals surface area contributed by atoms with Crippen LogP contribution in [-0.4, -0.2) is 14.5 Å². The lowest BCUT2D eigenvalue weighted by molar-refractivity contribution is 0.652. The number of anilines is 1. The Bertz CT molecular complexity index is 1030. The molecule has 2 aromatic heterocycles. The molecule has 4 nitrogen and oxygen atoms in total. The Kier molecular flexibility index (Phi) is 2.60. The highest BCUT2D eigenvalue weighted by Gasteiger charge is 2.29. The van der Waals surface area contributed by atoms with Crippen molar-refractivity contribution in [1.29, 1.82) is 0 Å². The van der Waals surface area contributed by atoms with Gasteiger partial charge in [0.2, 0.25) is 0 Å². The summed E-state index contributed by atoms with van der Waals surface area (Å²) in [6.45, 7) is 2.04. The van der Waals surface area contributed by atoms with Gasteiger partial charge in [-0.25, -0.2) is 9.97 Å². The summed E-state index contributed by atoms with van der Waals surface area (Å²) < 4.78 is 2.26. The highest BCUT2D eigenvalue weighted by molar-refractivity contribution is 7.09. The van der Waals surface area contributed by atoms with E-state index in [0.717, 1.165) is 38.8 Å². The highest BCUT2D eigenvalue weighted by atomic mass is 32.1. The second-order valence-electron chi connectivity index (χ2n) is 5.68. The number of aromatic nitrogens is 3. The number of hydrogen-bond donors (Lipinski definition) is 1. The van der Waals surface area contributed by atoms with E-state index in [2.05, 4.69) is 51.7 Å². The van der Waals surface area contributed by atoms with Gasteiger partial charge in [-0.15, -0.1) is 11.3 Å². The third-order valence-electron chi connectivity index (χ3n) is 4.23. The number of nitrogens with zero attached hydrogens (tertiary/aromatic N) is 3. The molecule has 1 aliphatic rings. The van der Waals surface area contributed by atoms with Crippen LogP contribution in [0.4, 0.5) is 5.69 Å². The second-order valence-corrected chi connectivity index (χ2v) is 6.74. The first-order valence-electron chi connectivity index (χ1n) is 7.56. The molecule has 2 aromatic carbocycles. The zero-order chi connectivity index (χ0) is 15.4. The van der Waals surface area contributed by atoms with Crippen LogP contribution in [0.1, 0.15) is 16.9 Å². The molecular weight excluding hydrogens is 304 g/mol. The molecule has 5 rings (SSSR count). The monoisotopic (exact) mass is 318 g/mol. The van der Waals surface area contributed by atoms with Crippen LogP contribution in [-0.2, 0) is 0 Å². The molecule has 0 saturated heterocycles. The number of hydrogen-bond acceptors (Lipinski definition) is 4. The van der Waals surface area contributed by atoms with Gasteiger partial charge in [-0.1, -0.05) is 24.3 Å². The van der Waals surface area contributed by atoms with Gasteiger partial charge in [-0.2, -0.15) is 0 Å². The van der Waals surface area contributed by atoms with Crippen LogP contribution in [0, 0.1) is 6.92 Å². The lowest BCUT2D eigenvalue weighted by Gasteiger charge is -2.28. The van der Waals surface area contributed by atoms with Crippen LogP contribution in [0.2, 0.25) is 0 Å². The van der Waals surface area contributed by atoms with E-state index in [9.17, 15) is 0 Å². The van der Waals surface area contributed by atoms with Gasteiger partial charge >= 0.3 is 0 Å². The fourth-order valence-electron chi connectivity index (χ4n) is 3.22. The van der Waals surface area contributed by atoms with Crippen LogP contribution in [0.5, 0.6) is 0 Å². The molecular formula is C18H14N4S. The molecule has 0 amide bonds. The van der Waals surface area contributed by atoms with Gasteiger partial charge in [-0.3, -0.25) is 4.57 Å². The third kappa shape index (κ3) is 1.83. The summed E-state index contributed by atoms with van der Waals surface area (Å²) in [4.78, 5) is 9.58. The molecule has 1 atom stereocenters. The summed E-state index contributed by atoms with van der Waals surface area (Å²) in [6.07, 6.45) is -0.0303. The Morgan fingerprint density at radius 2 is 1.87 bits per heavy atom. The first-order chi connectivity index (χ1) is 11.3. The number of nitrogens with one attached hydrogen (secondary N) is 1. The molecule has 0 radical (unpaired) electrons. The molecule has 112 valence electrons. The van der Waals surface area contributed by atoms with Crippen molar-refractivity contribution in [3.63, 3.8) is 0 Å². The van der Waals surface area contributed by atoms with Crippen molar-refractivity contribution in [2.24, 2.45) is 0 Å². The first kappa shape index (κ1) is 12.8. The van der Waals surface area contributed by atoms with Crippen LogP contribution < -0.4 is 5.32 Å². The molecule has 0 saturated carbocycles. The summed E-state index contributed by atoms with van der Waals surface area (Å²) >= 11 is 1.68. The van der Waals surface area contributed by atoms with Crippen molar-refractivity contribution in [1.82, 2.24) is 14.5 Å². The summed E-state index contributed by atoms with van der Waals surface area (Å²) in [5.74, 6) is 0.996. The molecule has 4 aromatic rings. The van der Waals surface area contributed by atoms with Gasteiger partial charge in [-0.05, 0) is 31.2 Å². The SMILES string of the molecule is Cc1nc([C@H]2Nc3ccccc3-c3nc4ccccc4n32)cs1. The van der Waals surface area contributed by atoms with E-state index in [4.69, 9.17) is 9.97 Å². The molecule has 0 unspecified atom stereocenters. The maximum Gasteiger partial charge on any atom is 0.150 e. The van der Waals surface area contributed by atoms with E-state index in [-0.39, 0.29) is 6.17 Å². The van der Waals surface area contributed by atoms with Crippen LogP contribution in [0.25, 0.3) is 22.4 Å². The number of thiazole rings is 1. The summed E-state index contributed by atoms with van der Waals surface area (Å²) in [5.41, 5.74) is 5.40. The third-order valence-corrected chi connectivity index (χ3v) is 5.02. The van der Waals surface area contributed by atoms with E-state index in [1.807, 2.05) is 19.1 Å². The standard InChI is InChI=1S/C18H14N4S/c1-11-19-15(10-23-11)18-20-13-7-3-2-6-12(13)17-21-14-8-4-5-9-16(14)22(17)18/h2-10,18,20H,1H3/t18-/m0/s1. The Morgan fingerprint density at radius 1 is 1.04 bits per heavy atom. The zero-order valence-electron chi connectivity index (χ0n) is 12.5. The van der Waals surface area contributed by atoms with Gasteiger partial charge < -0.3 is 5.32 Å². The van der Waals surface area contributed by atoms with Gasteiger partial charge in [0.25, 0.3) is 0 Å². The number of aryl methyl sites for hydroxylation is 1. The summed E-state index contributed by atoms with van der Waals surface area (Å²) in [6, 6.07) is 16.6. The van der Waals surface area contributed by atoms with Crippen LogP contribution in [0.3, 0.4) is 0 Å². The predicted molar refractivity (Wildman–Crippen MR) is 93.8 cm³/mol. The van der Waals surface area contributed by atoms with Crippen molar-refractivity contribution < 1.29 is 0 Å². The molecule has 23 heavy (non-hydrogen) atoms. The number of para-hydroxylation sites is 3. The average molecular weight is 318 g/mol.